The third-order valence-corrected chi connectivity index (χ3v) is 2.52. The first-order valence-corrected chi connectivity index (χ1v) is 5.71. The second-order valence-corrected chi connectivity index (χ2v) is 3.66. The predicted molar refractivity (Wildman–Crippen MR) is 61.1 cm³/mol. The Morgan fingerprint density at radius 2 is 1.93 bits per heavy atom. The van der Waals surface area contributed by atoms with Crippen LogP contribution >= 0.6 is 11.8 Å². The lowest BCUT2D eigenvalue weighted by Crippen LogP contribution is -1.86. The van der Waals surface area contributed by atoms with Crippen LogP contribution in [0.5, 0.6) is 0 Å². The first-order chi connectivity index (χ1) is 7.33. The Hall–Kier alpha value is -1.49. The van der Waals surface area contributed by atoms with Gasteiger partial charge in [-0.2, -0.15) is 0 Å². The van der Waals surface area contributed by atoms with Gasteiger partial charge in [-0.25, -0.2) is 0 Å². The van der Waals surface area contributed by atoms with E-state index >= 15 is 0 Å². The van der Waals surface area contributed by atoms with Crippen molar-refractivity contribution >= 4 is 17.4 Å². The highest BCUT2D eigenvalue weighted by Crippen LogP contribution is 2.22. The summed E-state index contributed by atoms with van der Waals surface area (Å²) in [4.78, 5) is 0. The highest BCUT2D eigenvalue weighted by Gasteiger charge is 2.06. The Balaban J connectivity index is 2.28. The molecule has 0 saturated heterocycles. The summed E-state index contributed by atoms with van der Waals surface area (Å²) < 4.78 is 5.41. The number of nitrogens with zero attached hydrogens (tertiary/aromatic N) is 2. The fourth-order valence-electron chi connectivity index (χ4n) is 1.19. The third kappa shape index (κ3) is 2.12. The molecule has 0 aliphatic rings. The lowest BCUT2D eigenvalue weighted by Gasteiger charge is -1.99. The zero-order chi connectivity index (χ0) is 10.7. The summed E-state index contributed by atoms with van der Waals surface area (Å²) in [7, 11) is 1.88. The standard InChI is InChI=1S/C10H11N3OS/c1-11-8-5-3-7(4-6-8)9-12-13-10(14-9)15-2/h3-6,11H,1-2H3. The van der Waals surface area contributed by atoms with Crippen LogP contribution in [0.1, 0.15) is 0 Å². The van der Waals surface area contributed by atoms with Gasteiger partial charge in [-0.15, -0.1) is 10.2 Å². The number of hydrogen-bond donors (Lipinski definition) is 1. The Morgan fingerprint density at radius 3 is 2.47 bits per heavy atom. The van der Waals surface area contributed by atoms with Crippen LogP contribution in [0.4, 0.5) is 5.69 Å². The van der Waals surface area contributed by atoms with E-state index in [0.29, 0.717) is 11.1 Å². The third-order valence-electron chi connectivity index (χ3n) is 2.00. The highest BCUT2D eigenvalue weighted by molar-refractivity contribution is 7.98. The molecule has 0 atom stereocenters. The molecule has 0 saturated carbocycles. The van der Waals surface area contributed by atoms with Crippen molar-refractivity contribution in [3.05, 3.63) is 24.3 Å². The minimum atomic E-state index is 0.557. The lowest BCUT2D eigenvalue weighted by atomic mass is 10.2. The largest absolute Gasteiger partial charge is 0.411 e. The van der Waals surface area contributed by atoms with E-state index in [9.17, 15) is 0 Å². The smallest absolute Gasteiger partial charge is 0.276 e. The van der Waals surface area contributed by atoms with E-state index in [1.807, 2.05) is 37.6 Å². The van der Waals surface area contributed by atoms with Crippen molar-refractivity contribution < 1.29 is 4.42 Å². The molecule has 15 heavy (non-hydrogen) atoms. The summed E-state index contributed by atoms with van der Waals surface area (Å²) >= 11 is 1.44. The first kappa shape index (κ1) is 10.0. The molecule has 1 aromatic heterocycles. The Labute approximate surface area is 92.1 Å². The van der Waals surface area contributed by atoms with Gasteiger partial charge in [0.2, 0.25) is 5.89 Å². The second-order valence-electron chi connectivity index (χ2n) is 2.90. The van der Waals surface area contributed by atoms with Crippen molar-refractivity contribution in [2.24, 2.45) is 0 Å². The Bertz CT molecular complexity index is 438. The molecule has 0 aliphatic carbocycles. The quantitative estimate of drug-likeness (QED) is 0.807. The van der Waals surface area contributed by atoms with Crippen LogP contribution in [0.15, 0.2) is 33.9 Å². The second kappa shape index (κ2) is 4.35. The molecular weight excluding hydrogens is 210 g/mol. The molecule has 0 amide bonds. The van der Waals surface area contributed by atoms with Crippen LogP contribution in [0, 0.1) is 0 Å². The van der Waals surface area contributed by atoms with Gasteiger partial charge >= 0.3 is 0 Å². The van der Waals surface area contributed by atoms with Crippen molar-refractivity contribution in [2.75, 3.05) is 18.6 Å². The van der Waals surface area contributed by atoms with Gasteiger partial charge in [-0.3, -0.25) is 0 Å². The van der Waals surface area contributed by atoms with Gasteiger partial charge in [0.25, 0.3) is 5.22 Å². The van der Waals surface area contributed by atoms with E-state index in [-0.39, 0.29) is 0 Å². The molecule has 0 aliphatic heterocycles. The molecule has 0 bridgehead atoms. The number of anilines is 1. The molecular formula is C10H11N3OS. The lowest BCUT2D eigenvalue weighted by molar-refractivity contribution is 0.466. The minimum absolute atomic E-state index is 0.557. The molecule has 1 aromatic carbocycles. The molecule has 0 unspecified atom stereocenters. The Morgan fingerprint density at radius 1 is 1.20 bits per heavy atom. The molecule has 0 radical (unpaired) electrons. The van der Waals surface area contributed by atoms with Gasteiger partial charge in [0.05, 0.1) is 0 Å². The van der Waals surface area contributed by atoms with Crippen LogP contribution in [0.2, 0.25) is 0 Å². The predicted octanol–water partition coefficient (Wildman–Crippen LogP) is 2.50. The fourth-order valence-corrected chi connectivity index (χ4v) is 1.47. The molecule has 1 N–H and O–H groups in total. The summed E-state index contributed by atoms with van der Waals surface area (Å²) in [6.07, 6.45) is 1.90. The van der Waals surface area contributed by atoms with E-state index < -0.39 is 0 Å². The fraction of sp³-hybridized carbons (Fsp3) is 0.200. The summed E-state index contributed by atoms with van der Waals surface area (Å²) in [5.41, 5.74) is 1.99. The summed E-state index contributed by atoms with van der Waals surface area (Å²) in [6, 6.07) is 7.84. The van der Waals surface area contributed by atoms with Gasteiger partial charge in [-0.1, -0.05) is 11.8 Å². The van der Waals surface area contributed by atoms with Crippen molar-refractivity contribution in [2.45, 2.75) is 5.22 Å². The van der Waals surface area contributed by atoms with Gasteiger partial charge < -0.3 is 9.73 Å². The number of rotatable bonds is 3. The van der Waals surface area contributed by atoms with Crippen LogP contribution in [0.25, 0.3) is 11.5 Å². The number of nitrogens with one attached hydrogen (secondary N) is 1. The summed E-state index contributed by atoms with van der Waals surface area (Å²) in [6.45, 7) is 0. The highest BCUT2D eigenvalue weighted by atomic mass is 32.2. The van der Waals surface area contributed by atoms with Gasteiger partial charge in [-0.05, 0) is 30.5 Å². The number of benzene rings is 1. The normalized spacial score (nSPS) is 10.3. The van der Waals surface area contributed by atoms with Crippen molar-refractivity contribution in [3.63, 3.8) is 0 Å². The van der Waals surface area contributed by atoms with Crippen molar-refractivity contribution in [1.29, 1.82) is 0 Å². The maximum atomic E-state index is 5.41. The molecule has 2 rings (SSSR count). The molecule has 1 heterocycles. The van der Waals surface area contributed by atoms with Crippen LogP contribution in [0.3, 0.4) is 0 Å². The van der Waals surface area contributed by atoms with E-state index in [1.165, 1.54) is 11.8 Å². The summed E-state index contributed by atoms with van der Waals surface area (Å²) in [5, 5.41) is 11.5. The van der Waals surface area contributed by atoms with Crippen molar-refractivity contribution in [1.82, 2.24) is 10.2 Å². The van der Waals surface area contributed by atoms with Gasteiger partial charge in [0, 0.05) is 18.3 Å². The maximum Gasteiger partial charge on any atom is 0.276 e. The minimum Gasteiger partial charge on any atom is -0.411 e. The SMILES string of the molecule is CNc1ccc(-c2nnc(SC)o2)cc1. The van der Waals surface area contributed by atoms with E-state index in [1.54, 1.807) is 0 Å². The molecule has 0 spiro atoms. The van der Waals surface area contributed by atoms with E-state index in [2.05, 4.69) is 15.5 Å². The average molecular weight is 221 g/mol. The Kier molecular flexibility index (Phi) is 2.91. The van der Waals surface area contributed by atoms with Gasteiger partial charge in [0.15, 0.2) is 0 Å². The van der Waals surface area contributed by atoms with E-state index in [0.717, 1.165) is 11.3 Å². The maximum absolute atomic E-state index is 5.41. The number of hydrogen-bond acceptors (Lipinski definition) is 5. The number of thioether (sulfide) groups is 1. The molecule has 78 valence electrons. The number of aromatic nitrogens is 2. The molecule has 0 fully saturated rings. The van der Waals surface area contributed by atoms with Crippen LogP contribution < -0.4 is 5.32 Å². The van der Waals surface area contributed by atoms with Gasteiger partial charge in [0.1, 0.15) is 0 Å². The summed E-state index contributed by atoms with van der Waals surface area (Å²) in [5.74, 6) is 0.557. The monoisotopic (exact) mass is 221 g/mol. The molecule has 2 aromatic rings. The zero-order valence-corrected chi connectivity index (χ0v) is 9.34. The first-order valence-electron chi connectivity index (χ1n) is 4.49. The zero-order valence-electron chi connectivity index (χ0n) is 8.52. The van der Waals surface area contributed by atoms with E-state index in [4.69, 9.17) is 4.42 Å². The topological polar surface area (TPSA) is 51.0 Å². The molecule has 5 heteroatoms. The molecule has 4 nitrogen and oxygen atoms in total. The van der Waals surface area contributed by atoms with Crippen LogP contribution in [-0.4, -0.2) is 23.5 Å². The average Bonchev–Trinajstić information content (AvgIpc) is 2.78. The van der Waals surface area contributed by atoms with Crippen molar-refractivity contribution in [3.8, 4) is 11.5 Å². The van der Waals surface area contributed by atoms with Crippen LogP contribution in [-0.2, 0) is 0 Å².